The second kappa shape index (κ2) is 65.2. The van der Waals surface area contributed by atoms with E-state index in [0.717, 1.165) is 77.0 Å². The number of rotatable bonds is 63. The molecule has 0 saturated carbocycles. The van der Waals surface area contributed by atoms with Crippen molar-refractivity contribution >= 4 is 17.9 Å². The van der Waals surface area contributed by atoms with Crippen LogP contribution in [-0.2, 0) is 28.6 Å². The molecular formula is C70H130O6. The van der Waals surface area contributed by atoms with Crippen LogP contribution in [0.5, 0.6) is 0 Å². The van der Waals surface area contributed by atoms with Crippen molar-refractivity contribution in [2.45, 2.75) is 380 Å². The molecule has 446 valence electrons. The fraction of sp³-hybridized carbons (Fsp3) is 0.871. The molecule has 1 unspecified atom stereocenters. The summed E-state index contributed by atoms with van der Waals surface area (Å²) in [5.41, 5.74) is 0. The molecule has 0 heterocycles. The normalized spacial score (nSPS) is 12.2. The van der Waals surface area contributed by atoms with E-state index in [1.165, 1.54) is 257 Å². The van der Waals surface area contributed by atoms with E-state index in [9.17, 15) is 14.4 Å². The number of carbonyl (C=O) groups is 3. The molecule has 0 bridgehead atoms. The molecule has 0 aromatic rings. The summed E-state index contributed by atoms with van der Waals surface area (Å²) < 4.78 is 17.0. The van der Waals surface area contributed by atoms with Gasteiger partial charge < -0.3 is 14.2 Å². The zero-order valence-electron chi connectivity index (χ0n) is 51.3. The van der Waals surface area contributed by atoms with Crippen LogP contribution in [0.15, 0.2) is 36.5 Å². The third-order valence-electron chi connectivity index (χ3n) is 15.4. The lowest BCUT2D eigenvalue weighted by molar-refractivity contribution is -0.167. The van der Waals surface area contributed by atoms with Crippen LogP contribution in [-0.4, -0.2) is 37.2 Å². The molecule has 0 saturated heterocycles. The Balaban J connectivity index is 4.22. The fourth-order valence-electron chi connectivity index (χ4n) is 10.2. The predicted octanol–water partition coefficient (Wildman–Crippen LogP) is 23.2. The van der Waals surface area contributed by atoms with Crippen molar-refractivity contribution in [1.82, 2.24) is 0 Å². The molecule has 0 radical (unpaired) electrons. The Morgan fingerprint density at radius 1 is 0.263 bits per heavy atom. The lowest BCUT2D eigenvalue weighted by Gasteiger charge is -2.18. The first-order chi connectivity index (χ1) is 37.5. The molecule has 0 aliphatic carbocycles. The Bertz CT molecular complexity index is 1270. The molecule has 0 amide bonds. The molecule has 76 heavy (non-hydrogen) atoms. The van der Waals surface area contributed by atoms with Crippen LogP contribution in [0.2, 0.25) is 0 Å². The van der Waals surface area contributed by atoms with Crippen molar-refractivity contribution in [3.8, 4) is 0 Å². The van der Waals surface area contributed by atoms with E-state index in [0.29, 0.717) is 19.3 Å². The molecule has 0 fully saturated rings. The van der Waals surface area contributed by atoms with Crippen molar-refractivity contribution in [2.24, 2.45) is 0 Å². The Labute approximate surface area is 474 Å². The van der Waals surface area contributed by atoms with E-state index in [1.54, 1.807) is 0 Å². The average Bonchev–Trinajstić information content (AvgIpc) is 3.42. The number of allylic oxidation sites excluding steroid dienone is 6. The van der Waals surface area contributed by atoms with Crippen molar-refractivity contribution in [1.29, 1.82) is 0 Å². The first-order valence-corrected chi connectivity index (χ1v) is 34.0. The average molecular weight is 1070 g/mol. The van der Waals surface area contributed by atoms with Gasteiger partial charge in [-0.2, -0.15) is 0 Å². The van der Waals surface area contributed by atoms with Crippen LogP contribution >= 0.6 is 0 Å². The van der Waals surface area contributed by atoms with Crippen LogP contribution < -0.4 is 0 Å². The van der Waals surface area contributed by atoms with Gasteiger partial charge in [0.15, 0.2) is 6.10 Å². The highest BCUT2D eigenvalue weighted by Crippen LogP contribution is 2.18. The molecule has 0 aromatic carbocycles. The SMILES string of the molecule is CCCC/C=C\C/C=C\CCCCCCCC(=O)OCC(COC(=O)CCCCCCCCCCCCCCCCC/C=C\CCCCCCCCCC)OC(=O)CCCCCCCCCCCCCCCCCCC. The van der Waals surface area contributed by atoms with Gasteiger partial charge in [-0.15, -0.1) is 0 Å². The minimum absolute atomic E-state index is 0.0716. The molecule has 0 N–H and O–H groups in total. The summed E-state index contributed by atoms with van der Waals surface area (Å²) in [6.07, 6.45) is 80.2. The summed E-state index contributed by atoms with van der Waals surface area (Å²) in [4.78, 5) is 38.3. The Hall–Kier alpha value is -2.37. The maximum atomic E-state index is 12.9. The van der Waals surface area contributed by atoms with Gasteiger partial charge in [-0.1, -0.05) is 320 Å². The topological polar surface area (TPSA) is 78.9 Å². The molecule has 0 aliphatic rings. The number of unbranched alkanes of at least 4 members (excludes halogenated alkanes) is 46. The van der Waals surface area contributed by atoms with E-state index >= 15 is 0 Å². The first kappa shape index (κ1) is 73.6. The summed E-state index contributed by atoms with van der Waals surface area (Å²) >= 11 is 0. The van der Waals surface area contributed by atoms with Gasteiger partial charge >= 0.3 is 17.9 Å². The van der Waals surface area contributed by atoms with Gasteiger partial charge in [-0.25, -0.2) is 0 Å². The predicted molar refractivity (Wildman–Crippen MR) is 330 cm³/mol. The van der Waals surface area contributed by atoms with E-state index in [1.807, 2.05) is 0 Å². The highest BCUT2D eigenvalue weighted by molar-refractivity contribution is 5.71. The second-order valence-electron chi connectivity index (χ2n) is 23.1. The monoisotopic (exact) mass is 1070 g/mol. The number of hydrogen-bond donors (Lipinski definition) is 0. The Kier molecular flexibility index (Phi) is 63.1. The highest BCUT2D eigenvalue weighted by atomic mass is 16.6. The van der Waals surface area contributed by atoms with Crippen LogP contribution in [0.1, 0.15) is 374 Å². The van der Waals surface area contributed by atoms with Gasteiger partial charge in [-0.05, 0) is 70.6 Å². The summed E-state index contributed by atoms with van der Waals surface area (Å²) in [5.74, 6) is -0.860. The number of carbonyl (C=O) groups excluding carboxylic acids is 3. The zero-order chi connectivity index (χ0) is 55.0. The zero-order valence-corrected chi connectivity index (χ0v) is 51.3. The molecule has 6 nitrogen and oxygen atoms in total. The molecule has 1 atom stereocenters. The van der Waals surface area contributed by atoms with Gasteiger partial charge in [0, 0.05) is 19.3 Å². The summed E-state index contributed by atoms with van der Waals surface area (Å²) in [7, 11) is 0. The Morgan fingerprint density at radius 2 is 0.487 bits per heavy atom. The van der Waals surface area contributed by atoms with Gasteiger partial charge in [0.25, 0.3) is 0 Å². The third kappa shape index (κ3) is 62.5. The van der Waals surface area contributed by atoms with Crippen LogP contribution in [0.4, 0.5) is 0 Å². The number of ether oxygens (including phenoxy) is 3. The fourth-order valence-corrected chi connectivity index (χ4v) is 10.2. The number of hydrogen-bond acceptors (Lipinski definition) is 6. The van der Waals surface area contributed by atoms with Crippen molar-refractivity contribution < 1.29 is 28.6 Å². The van der Waals surface area contributed by atoms with Crippen molar-refractivity contribution in [2.75, 3.05) is 13.2 Å². The van der Waals surface area contributed by atoms with E-state index in [4.69, 9.17) is 14.2 Å². The first-order valence-electron chi connectivity index (χ1n) is 34.0. The molecule has 0 spiro atoms. The van der Waals surface area contributed by atoms with Crippen molar-refractivity contribution in [3.63, 3.8) is 0 Å². The minimum atomic E-state index is -0.775. The molecular weight excluding hydrogens is 937 g/mol. The smallest absolute Gasteiger partial charge is 0.306 e. The lowest BCUT2D eigenvalue weighted by atomic mass is 10.0. The summed E-state index contributed by atoms with van der Waals surface area (Å²) in [6, 6.07) is 0. The Morgan fingerprint density at radius 3 is 0.776 bits per heavy atom. The summed E-state index contributed by atoms with van der Waals surface area (Å²) in [5, 5.41) is 0. The van der Waals surface area contributed by atoms with Crippen LogP contribution in [0.25, 0.3) is 0 Å². The molecule has 0 aliphatic heterocycles. The van der Waals surface area contributed by atoms with Crippen molar-refractivity contribution in [3.05, 3.63) is 36.5 Å². The maximum absolute atomic E-state index is 12.9. The molecule has 0 rings (SSSR count). The van der Waals surface area contributed by atoms with Gasteiger partial charge in [0.05, 0.1) is 0 Å². The van der Waals surface area contributed by atoms with E-state index in [2.05, 4.69) is 57.2 Å². The maximum Gasteiger partial charge on any atom is 0.306 e. The van der Waals surface area contributed by atoms with E-state index < -0.39 is 6.10 Å². The lowest BCUT2D eigenvalue weighted by Crippen LogP contribution is -2.30. The third-order valence-corrected chi connectivity index (χ3v) is 15.4. The molecule has 6 heteroatoms. The van der Waals surface area contributed by atoms with Gasteiger partial charge in [0.1, 0.15) is 13.2 Å². The summed E-state index contributed by atoms with van der Waals surface area (Å²) in [6.45, 7) is 6.65. The largest absolute Gasteiger partial charge is 0.462 e. The van der Waals surface area contributed by atoms with E-state index in [-0.39, 0.29) is 31.1 Å². The molecule has 0 aromatic heterocycles. The standard InChI is InChI=1S/C70H130O6/c1-4-7-10-13-16-19-22-25-28-30-31-32-33-34-35-36-37-38-39-41-42-45-48-51-54-57-60-63-69(72)75-66-67(65-74-68(71)62-59-56-53-50-47-44-27-24-21-18-15-12-9-6-3)76-70(73)64-61-58-55-52-49-46-43-40-29-26-23-20-17-14-11-8-5-2/h15,18,24,27,30-31,67H,4-14,16-17,19-23,25-26,28-29,32-66H2,1-3H3/b18-15-,27-24-,31-30-. The second-order valence-corrected chi connectivity index (χ2v) is 23.1. The van der Waals surface area contributed by atoms with Crippen LogP contribution in [0, 0.1) is 0 Å². The number of esters is 3. The van der Waals surface area contributed by atoms with Gasteiger partial charge in [0.2, 0.25) is 0 Å². The minimum Gasteiger partial charge on any atom is -0.462 e. The van der Waals surface area contributed by atoms with Gasteiger partial charge in [-0.3, -0.25) is 14.4 Å². The quantitative estimate of drug-likeness (QED) is 0.0261. The van der Waals surface area contributed by atoms with Crippen LogP contribution in [0.3, 0.4) is 0 Å². The highest BCUT2D eigenvalue weighted by Gasteiger charge is 2.19.